The standard InChI is InChI=1S/C23H19F2N5O3S/c1-2-21-18(14-27-30(21)22-5-3-4-12-26-22)23(31)28-15-6-8-16(9-7-15)29-34(32,33)17-10-11-19(24)20(25)13-17/h3-14,29H,2H2,1H3,(H,28,31). The number of rotatable bonds is 7. The summed E-state index contributed by atoms with van der Waals surface area (Å²) >= 11 is 0. The third kappa shape index (κ3) is 4.79. The van der Waals surface area contributed by atoms with E-state index < -0.39 is 26.6 Å². The highest BCUT2D eigenvalue weighted by molar-refractivity contribution is 7.92. The first-order chi connectivity index (χ1) is 16.3. The fourth-order valence-electron chi connectivity index (χ4n) is 3.26. The van der Waals surface area contributed by atoms with E-state index in [0.29, 0.717) is 35.2 Å². The van der Waals surface area contributed by atoms with Gasteiger partial charge in [0, 0.05) is 17.6 Å². The molecule has 0 spiro atoms. The summed E-state index contributed by atoms with van der Waals surface area (Å²) in [6, 6.07) is 13.6. The Hall–Kier alpha value is -4.12. The first kappa shape index (κ1) is 23.1. The van der Waals surface area contributed by atoms with E-state index in [0.717, 1.165) is 12.1 Å². The van der Waals surface area contributed by atoms with Gasteiger partial charge in [0.1, 0.15) is 0 Å². The molecule has 34 heavy (non-hydrogen) atoms. The molecular formula is C23H19F2N5O3S. The number of nitrogens with zero attached hydrogens (tertiary/aromatic N) is 3. The quantitative estimate of drug-likeness (QED) is 0.411. The van der Waals surface area contributed by atoms with E-state index in [1.807, 2.05) is 13.0 Å². The number of pyridine rings is 1. The van der Waals surface area contributed by atoms with Crippen molar-refractivity contribution in [2.75, 3.05) is 10.0 Å². The van der Waals surface area contributed by atoms with Crippen molar-refractivity contribution in [1.82, 2.24) is 14.8 Å². The highest BCUT2D eigenvalue weighted by Crippen LogP contribution is 2.21. The fraction of sp³-hybridized carbons (Fsp3) is 0.0870. The summed E-state index contributed by atoms with van der Waals surface area (Å²) in [5.41, 5.74) is 1.68. The number of anilines is 2. The lowest BCUT2D eigenvalue weighted by Crippen LogP contribution is -2.15. The van der Waals surface area contributed by atoms with Crippen molar-refractivity contribution in [3.63, 3.8) is 0 Å². The summed E-state index contributed by atoms with van der Waals surface area (Å²) in [6.45, 7) is 1.90. The van der Waals surface area contributed by atoms with Crippen molar-refractivity contribution in [3.8, 4) is 5.82 Å². The molecule has 8 nitrogen and oxygen atoms in total. The molecule has 0 bridgehead atoms. The molecule has 1 amide bonds. The zero-order valence-corrected chi connectivity index (χ0v) is 18.7. The molecule has 4 rings (SSSR count). The number of carbonyl (C=O) groups is 1. The smallest absolute Gasteiger partial charge is 0.261 e. The molecule has 0 aliphatic carbocycles. The minimum absolute atomic E-state index is 0.181. The van der Waals surface area contributed by atoms with Gasteiger partial charge in [-0.05, 0) is 61.0 Å². The highest BCUT2D eigenvalue weighted by atomic mass is 32.2. The van der Waals surface area contributed by atoms with Crippen LogP contribution in [0.1, 0.15) is 23.0 Å². The van der Waals surface area contributed by atoms with Crippen molar-refractivity contribution < 1.29 is 22.0 Å². The molecule has 0 unspecified atom stereocenters. The van der Waals surface area contributed by atoms with Gasteiger partial charge in [-0.15, -0.1) is 0 Å². The lowest BCUT2D eigenvalue weighted by atomic mass is 10.2. The van der Waals surface area contributed by atoms with Crippen LogP contribution in [0.4, 0.5) is 20.2 Å². The molecule has 2 aromatic heterocycles. The van der Waals surface area contributed by atoms with Crippen LogP contribution < -0.4 is 10.0 Å². The number of aromatic nitrogens is 3. The van der Waals surface area contributed by atoms with Gasteiger partial charge < -0.3 is 5.32 Å². The molecule has 0 saturated carbocycles. The monoisotopic (exact) mass is 483 g/mol. The molecule has 2 N–H and O–H groups in total. The van der Waals surface area contributed by atoms with E-state index in [-0.39, 0.29) is 11.6 Å². The first-order valence-electron chi connectivity index (χ1n) is 10.2. The summed E-state index contributed by atoms with van der Waals surface area (Å²) in [7, 11) is -4.13. The van der Waals surface area contributed by atoms with Crippen molar-refractivity contribution in [1.29, 1.82) is 0 Å². The SMILES string of the molecule is CCc1c(C(=O)Nc2ccc(NS(=O)(=O)c3ccc(F)c(F)c3)cc2)cnn1-c1ccccn1. The summed E-state index contributed by atoms with van der Waals surface area (Å²) in [5, 5.41) is 7.03. The van der Waals surface area contributed by atoms with Crippen molar-refractivity contribution in [2.24, 2.45) is 0 Å². The summed E-state index contributed by atoms with van der Waals surface area (Å²) in [5.74, 6) is -2.19. The van der Waals surface area contributed by atoms with Gasteiger partial charge in [0.05, 0.1) is 22.3 Å². The Kier molecular flexibility index (Phi) is 6.37. The maximum atomic E-state index is 13.4. The lowest BCUT2D eigenvalue weighted by Gasteiger charge is -2.10. The van der Waals surface area contributed by atoms with Crippen LogP contribution in [0, 0.1) is 11.6 Å². The normalized spacial score (nSPS) is 11.3. The van der Waals surface area contributed by atoms with E-state index in [9.17, 15) is 22.0 Å². The molecule has 4 aromatic rings. The Balaban J connectivity index is 1.48. The molecule has 0 aliphatic heterocycles. The third-order valence-corrected chi connectivity index (χ3v) is 6.29. The number of hydrogen-bond donors (Lipinski definition) is 2. The van der Waals surface area contributed by atoms with Gasteiger partial charge in [0.2, 0.25) is 0 Å². The number of amides is 1. The van der Waals surface area contributed by atoms with Crippen LogP contribution in [0.2, 0.25) is 0 Å². The maximum absolute atomic E-state index is 13.4. The van der Waals surface area contributed by atoms with E-state index in [2.05, 4.69) is 20.1 Å². The molecular weight excluding hydrogens is 464 g/mol. The number of hydrogen-bond acceptors (Lipinski definition) is 5. The van der Waals surface area contributed by atoms with E-state index in [4.69, 9.17) is 0 Å². The zero-order chi connectivity index (χ0) is 24.3. The summed E-state index contributed by atoms with van der Waals surface area (Å²) < 4.78 is 55.2. The number of halogens is 2. The second-order valence-electron chi connectivity index (χ2n) is 7.17. The van der Waals surface area contributed by atoms with Crippen LogP contribution in [-0.4, -0.2) is 29.1 Å². The molecule has 0 saturated heterocycles. The van der Waals surface area contributed by atoms with Gasteiger partial charge in [-0.1, -0.05) is 13.0 Å². The average Bonchev–Trinajstić information content (AvgIpc) is 3.27. The lowest BCUT2D eigenvalue weighted by molar-refractivity contribution is 0.102. The van der Waals surface area contributed by atoms with Gasteiger partial charge in [0.15, 0.2) is 17.5 Å². The number of sulfonamides is 1. The Bertz CT molecular complexity index is 1440. The van der Waals surface area contributed by atoms with E-state index in [1.165, 1.54) is 30.5 Å². The number of benzene rings is 2. The molecule has 0 aliphatic rings. The predicted molar refractivity (Wildman–Crippen MR) is 122 cm³/mol. The third-order valence-electron chi connectivity index (χ3n) is 4.91. The second kappa shape index (κ2) is 9.40. The molecule has 0 radical (unpaired) electrons. The fourth-order valence-corrected chi connectivity index (χ4v) is 4.33. The topological polar surface area (TPSA) is 106 Å². The van der Waals surface area contributed by atoms with Gasteiger partial charge in [0.25, 0.3) is 15.9 Å². The summed E-state index contributed by atoms with van der Waals surface area (Å²) in [6.07, 6.45) is 3.65. The average molecular weight is 484 g/mol. The maximum Gasteiger partial charge on any atom is 0.261 e. The van der Waals surface area contributed by atoms with Gasteiger partial charge in [-0.25, -0.2) is 26.9 Å². The van der Waals surface area contributed by atoms with E-state index >= 15 is 0 Å². The number of nitrogens with one attached hydrogen (secondary N) is 2. The molecule has 2 aromatic carbocycles. The Labute approximate surface area is 194 Å². The van der Waals surface area contributed by atoms with Crippen molar-refractivity contribution in [3.05, 3.63) is 95.9 Å². The molecule has 0 fully saturated rings. The second-order valence-corrected chi connectivity index (χ2v) is 8.85. The van der Waals surface area contributed by atoms with Gasteiger partial charge in [-0.2, -0.15) is 5.10 Å². The molecule has 11 heteroatoms. The predicted octanol–water partition coefficient (Wildman–Crippen LogP) is 4.16. The Morgan fingerprint density at radius 2 is 1.74 bits per heavy atom. The van der Waals surface area contributed by atoms with Crippen molar-refractivity contribution >= 4 is 27.3 Å². The molecule has 0 atom stereocenters. The van der Waals surface area contributed by atoms with E-state index in [1.54, 1.807) is 23.0 Å². The van der Waals surface area contributed by atoms with Crippen LogP contribution in [0.5, 0.6) is 0 Å². The van der Waals surface area contributed by atoms with Crippen LogP contribution in [0.25, 0.3) is 5.82 Å². The largest absolute Gasteiger partial charge is 0.322 e. The van der Waals surface area contributed by atoms with Crippen LogP contribution >= 0.6 is 0 Å². The zero-order valence-electron chi connectivity index (χ0n) is 17.9. The van der Waals surface area contributed by atoms with Crippen LogP contribution in [-0.2, 0) is 16.4 Å². The minimum Gasteiger partial charge on any atom is -0.322 e. The van der Waals surface area contributed by atoms with Crippen LogP contribution in [0.15, 0.2) is 78.0 Å². The first-order valence-corrected chi connectivity index (χ1v) is 11.6. The van der Waals surface area contributed by atoms with Crippen LogP contribution in [0.3, 0.4) is 0 Å². The van der Waals surface area contributed by atoms with Gasteiger partial charge in [-0.3, -0.25) is 9.52 Å². The van der Waals surface area contributed by atoms with Gasteiger partial charge >= 0.3 is 0 Å². The molecule has 2 heterocycles. The highest BCUT2D eigenvalue weighted by Gasteiger charge is 2.19. The summed E-state index contributed by atoms with van der Waals surface area (Å²) in [4.78, 5) is 16.7. The van der Waals surface area contributed by atoms with Crippen molar-refractivity contribution in [2.45, 2.75) is 18.2 Å². The minimum atomic E-state index is -4.13. The Morgan fingerprint density at radius 1 is 1.00 bits per heavy atom. The number of carbonyl (C=O) groups excluding carboxylic acids is 1. The molecule has 174 valence electrons. The Morgan fingerprint density at radius 3 is 2.38 bits per heavy atom.